The van der Waals surface area contributed by atoms with Gasteiger partial charge in [0, 0.05) is 15.9 Å². The Morgan fingerprint density at radius 2 is 2.21 bits per heavy atom. The topological polar surface area (TPSA) is 48.1 Å². The van der Waals surface area contributed by atoms with Crippen molar-refractivity contribution < 1.29 is 4.74 Å². The molecule has 0 aliphatic heterocycles. The SMILES string of the molecule is COc1cc2cccc(Br)c2c(N)n1. The maximum atomic E-state index is 5.81. The maximum Gasteiger partial charge on any atom is 0.215 e. The zero-order valence-corrected chi connectivity index (χ0v) is 9.21. The van der Waals surface area contributed by atoms with Gasteiger partial charge in [-0.15, -0.1) is 0 Å². The first-order chi connectivity index (χ1) is 6.72. The molecule has 0 radical (unpaired) electrons. The number of nitrogens with zero attached hydrogens (tertiary/aromatic N) is 1. The highest BCUT2D eigenvalue weighted by atomic mass is 79.9. The Morgan fingerprint density at radius 3 is 2.93 bits per heavy atom. The normalized spacial score (nSPS) is 10.4. The Labute approximate surface area is 90.0 Å². The molecule has 0 spiro atoms. The summed E-state index contributed by atoms with van der Waals surface area (Å²) >= 11 is 3.43. The third kappa shape index (κ3) is 1.42. The third-order valence-electron chi connectivity index (χ3n) is 2.02. The van der Waals surface area contributed by atoms with Crippen LogP contribution in [0.15, 0.2) is 28.7 Å². The summed E-state index contributed by atoms with van der Waals surface area (Å²) in [6, 6.07) is 7.72. The molecule has 1 heterocycles. The number of nitrogen functional groups attached to an aromatic ring is 1. The van der Waals surface area contributed by atoms with E-state index in [1.807, 2.05) is 24.3 Å². The highest BCUT2D eigenvalue weighted by Crippen LogP contribution is 2.30. The Kier molecular flexibility index (Phi) is 2.29. The summed E-state index contributed by atoms with van der Waals surface area (Å²) in [5.41, 5.74) is 5.81. The van der Waals surface area contributed by atoms with Crippen molar-refractivity contribution in [3.05, 3.63) is 28.7 Å². The summed E-state index contributed by atoms with van der Waals surface area (Å²) in [5.74, 6) is 1.01. The monoisotopic (exact) mass is 252 g/mol. The quantitative estimate of drug-likeness (QED) is 0.849. The molecule has 2 N–H and O–H groups in total. The predicted octanol–water partition coefficient (Wildman–Crippen LogP) is 2.59. The molecule has 0 saturated carbocycles. The molecule has 0 bridgehead atoms. The molecule has 1 aromatic heterocycles. The minimum Gasteiger partial charge on any atom is -0.481 e. The number of methoxy groups -OCH3 is 1. The minimum atomic E-state index is 0.479. The van der Waals surface area contributed by atoms with Crippen molar-refractivity contribution >= 4 is 32.5 Å². The standard InChI is InChI=1S/C10H9BrN2O/c1-14-8-5-6-3-2-4-7(11)9(6)10(12)13-8/h2-5H,1H3,(H2,12,13). The second kappa shape index (κ2) is 3.46. The zero-order chi connectivity index (χ0) is 10.1. The van der Waals surface area contributed by atoms with Gasteiger partial charge < -0.3 is 10.5 Å². The van der Waals surface area contributed by atoms with Gasteiger partial charge in [-0.1, -0.05) is 28.1 Å². The van der Waals surface area contributed by atoms with Gasteiger partial charge in [0.25, 0.3) is 0 Å². The lowest BCUT2D eigenvalue weighted by molar-refractivity contribution is 0.399. The van der Waals surface area contributed by atoms with Crippen LogP contribution in [0.1, 0.15) is 0 Å². The lowest BCUT2D eigenvalue weighted by Crippen LogP contribution is -1.95. The number of anilines is 1. The van der Waals surface area contributed by atoms with Crippen molar-refractivity contribution in [3.8, 4) is 5.88 Å². The van der Waals surface area contributed by atoms with Crippen molar-refractivity contribution in [3.63, 3.8) is 0 Å². The largest absolute Gasteiger partial charge is 0.481 e. The number of benzene rings is 1. The van der Waals surface area contributed by atoms with Gasteiger partial charge in [-0.05, 0) is 11.5 Å². The molecule has 0 atom stereocenters. The first-order valence-corrected chi connectivity index (χ1v) is 4.90. The minimum absolute atomic E-state index is 0.479. The predicted molar refractivity (Wildman–Crippen MR) is 60.4 cm³/mol. The van der Waals surface area contributed by atoms with Crippen LogP contribution in [0.3, 0.4) is 0 Å². The number of aromatic nitrogens is 1. The Hall–Kier alpha value is -1.29. The number of fused-ring (bicyclic) bond motifs is 1. The van der Waals surface area contributed by atoms with Crippen LogP contribution in [0, 0.1) is 0 Å². The van der Waals surface area contributed by atoms with Crippen molar-refractivity contribution in [2.45, 2.75) is 0 Å². The molecule has 0 amide bonds. The second-order valence-corrected chi connectivity index (χ2v) is 3.74. The van der Waals surface area contributed by atoms with E-state index in [-0.39, 0.29) is 0 Å². The molecule has 0 aliphatic rings. The van der Waals surface area contributed by atoms with Crippen molar-refractivity contribution in [2.75, 3.05) is 12.8 Å². The van der Waals surface area contributed by atoms with Crippen LogP contribution >= 0.6 is 15.9 Å². The van der Waals surface area contributed by atoms with Crippen LogP contribution in [0.25, 0.3) is 10.8 Å². The van der Waals surface area contributed by atoms with Crippen LogP contribution in [0.2, 0.25) is 0 Å². The van der Waals surface area contributed by atoms with Gasteiger partial charge in [0.1, 0.15) is 5.82 Å². The molecule has 1 aromatic carbocycles. The molecule has 2 aromatic rings. The van der Waals surface area contributed by atoms with E-state index in [9.17, 15) is 0 Å². The van der Waals surface area contributed by atoms with Crippen molar-refractivity contribution in [2.24, 2.45) is 0 Å². The molecule has 2 rings (SSSR count). The summed E-state index contributed by atoms with van der Waals surface area (Å²) in [7, 11) is 1.57. The number of rotatable bonds is 1. The smallest absolute Gasteiger partial charge is 0.215 e. The lowest BCUT2D eigenvalue weighted by Gasteiger charge is -2.06. The molecule has 0 saturated heterocycles. The first kappa shape index (κ1) is 9.27. The zero-order valence-electron chi connectivity index (χ0n) is 7.62. The van der Waals surface area contributed by atoms with Crippen LogP contribution < -0.4 is 10.5 Å². The second-order valence-electron chi connectivity index (χ2n) is 2.89. The van der Waals surface area contributed by atoms with Gasteiger partial charge in [0.2, 0.25) is 5.88 Å². The number of nitrogens with two attached hydrogens (primary N) is 1. The van der Waals surface area contributed by atoms with Gasteiger partial charge in [-0.2, -0.15) is 4.98 Å². The number of ether oxygens (including phenoxy) is 1. The molecule has 72 valence electrons. The number of hydrogen-bond acceptors (Lipinski definition) is 3. The Morgan fingerprint density at radius 1 is 1.43 bits per heavy atom. The van der Waals surface area contributed by atoms with E-state index >= 15 is 0 Å². The van der Waals surface area contributed by atoms with E-state index in [1.54, 1.807) is 7.11 Å². The molecule has 0 fully saturated rings. The molecular formula is C10H9BrN2O. The fraction of sp³-hybridized carbons (Fsp3) is 0.100. The van der Waals surface area contributed by atoms with Crippen LogP contribution in [0.4, 0.5) is 5.82 Å². The number of halogens is 1. The summed E-state index contributed by atoms with van der Waals surface area (Å²) in [4.78, 5) is 4.11. The molecule has 0 aliphatic carbocycles. The summed E-state index contributed by atoms with van der Waals surface area (Å²) in [6.45, 7) is 0. The first-order valence-electron chi connectivity index (χ1n) is 4.11. The van der Waals surface area contributed by atoms with Crippen LogP contribution in [0.5, 0.6) is 5.88 Å². The highest BCUT2D eigenvalue weighted by Gasteiger charge is 2.05. The lowest BCUT2D eigenvalue weighted by atomic mass is 10.1. The van der Waals surface area contributed by atoms with E-state index in [0.29, 0.717) is 11.7 Å². The third-order valence-corrected chi connectivity index (χ3v) is 2.68. The fourth-order valence-corrected chi connectivity index (χ4v) is 1.96. The Balaban J connectivity index is 2.83. The number of pyridine rings is 1. The van der Waals surface area contributed by atoms with Crippen LogP contribution in [-0.4, -0.2) is 12.1 Å². The van der Waals surface area contributed by atoms with E-state index in [1.165, 1.54) is 0 Å². The van der Waals surface area contributed by atoms with Gasteiger partial charge in [-0.25, -0.2) is 0 Å². The van der Waals surface area contributed by atoms with E-state index in [0.717, 1.165) is 15.2 Å². The molecule has 14 heavy (non-hydrogen) atoms. The Bertz CT molecular complexity index is 485. The molecule has 3 nitrogen and oxygen atoms in total. The van der Waals surface area contributed by atoms with Gasteiger partial charge >= 0.3 is 0 Å². The molecular weight excluding hydrogens is 244 g/mol. The van der Waals surface area contributed by atoms with E-state index < -0.39 is 0 Å². The van der Waals surface area contributed by atoms with Crippen molar-refractivity contribution in [1.82, 2.24) is 4.98 Å². The highest BCUT2D eigenvalue weighted by molar-refractivity contribution is 9.10. The number of hydrogen-bond donors (Lipinski definition) is 1. The van der Waals surface area contributed by atoms with Gasteiger partial charge in [0.15, 0.2) is 0 Å². The fourth-order valence-electron chi connectivity index (χ4n) is 1.38. The summed E-state index contributed by atoms with van der Waals surface area (Å²) in [6.07, 6.45) is 0. The maximum absolute atomic E-state index is 5.81. The average Bonchev–Trinajstić information content (AvgIpc) is 2.17. The van der Waals surface area contributed by atoms with Gasteiger partial charge in [-0.3, -0.25) is 0 Å². The van der Waals surface area contributed by atoms with Crippen LogP contribution in [-0.2, 0) is 0 Å². The molecule has 0 unspecified atom stereocenters. The average molecular weight is 253 g/mol. The van der Waals surface area contributed by atoms with E-state index in [2.05, 4.69) is 20.9 Å². The van der Waals surface area contributed by atoms with Crippen molar-refractivity contribution in [1.29, 1.82) is 0 Å². The van der Waals surface area contributed by atoms with E-state index in [4.69, 9.17) is 10.5 Å². The van der Waals surface area contributed by atoms with Gasteiger partial charge in [0.05, 0.1) is 7.11 Å². The summed E-state index contributed by atoms with van der Waals surface area (Å²) in [5, 5.41) is 1.94. The molecule has 4 heteroatoms. The summed E-state index contributed by atoms with van der Waals surface area (Å²) < 4.78 is 5.98.